The van der Waals surface area contributed by atoms with E-state index in [4.69, 9.17) is 11.6 Å². The van der Waals surface area contributed by atoms with Crippen molar-refractivity contribution in [2.45, 2.75) is 6.54 Å². The summed E-state index contributed by atoms with van der Waals surface area (Å²) in [6.07, 6.45) is 2.21. The van der Waals surface area contributed by atoms with E-state index in [1.165, 1.54) is 29.6 Å². The molecule has 20 heavy (non-hydrogen) atoms. The Morgan fingerprint density at radius 3 is 2.95 bits per heavy atom. The van der Waals surface area contributed by atoms with Crippen molar-refractivity contribution in [1.82, 2.24) is 15.2 Å². The topological polar surface area (TPSA) is 29.0 Å². The summed E-state index contributed by atoms with van der Waals surface area (Å²) in [6.45, 7) is 4.52. The highest BCUT2D eigenvalue weighted by Gasteiger charge is 2.51. The van der Waals surface area contributed by atoms with Gasteiger partial charge in [0.05, 0.1) is 0 Å². The lowest BCUT2D eigenvalue weighted by atomic mass is 10.1. The van der Waals surface area contributed by atoms with Gasteiger partial charge in [0.15, 0.2) is 0 Å². The summed E-state index contributed by atoms with van der Waals surface area (Å²) in [4.78, 5) is 0. The Bertz CT molecular complexity index is 638. The molecule has 1 aliphatic heterocycles. The molecule has 1 aliphatic carbocycles. The van der Waals surface area contributed by atoms with E-state index in [1.54, 1.807) is 0 Å². The van der Waals surface area contributed by atoms with E-state index in [0.717, 1.165) is 35.9 Å². The molecule has 1 aromatic carbocycles. The Kier molecular flexibility index (Phi) is 3.02. The van der Waals surface area contributed by atoms with Crippen LogP contribution >= 0.6 is 11.6 Å². The monoisotopic (exact) mass is 289 g/mol. The van der Waals surface area contributed by atoms with Crippen LogP contribution in [-0.4, -0.2) is 24.2 Å². The molecule has 2 aromatic rings. The first kappa shape index (κ1) is 12.7. The van der Waals surface area contributed by atoms with Gasteiger partial charge in [-0.25, -0.2) is 0 Å². The first-order chi connectivity index (χ1) is 9.74. The molecule has 2 N–H and O–H groups in total. The molecule has 3 nitrogen and oxygen atoms in total. The van der Waals surface area contributed by atoms with Crippen LogP contribution in [0.3, 0.4) is 0 Å². The van der Waals surface area contributed by atoms with Crippen LogP contribution in [0.2, 0.25) is 5.02 Å². The normalized spacial score (nSPS) is 28.0. The molecular formula is C16H20ClN3. The summed E-state index contributed by atoms with van der Waals surface area (Å²) < 4.78 is 2.18. The molecule has 2 aliphatic rings. The third-order valence-electron chi connectivity index (χ3n) is 5.00. The number of rotatable bonds is 4. The molecule has 4 rings (SSSR count). The molecule has 1 aromatic heterocycles. The number of hydrogen-bond acceptors (Lipinski definition) is 2. The summed E-state index contributed by atoms with van der Waals surface area (Å²) in [5.41, 5.74) is 2.59. The minimum atomic E-state index is 0.813. The van der Waals surface area contributed by atoms with Crippen molar-refractivity contribution in [3.8, 4) is 0 Å². The Labute approximate surface area is 124 Å². The van der Waals surface area contributed by atoms with Crippen LogP contribution in [0.15, 0.2) is 24.4 Å². The fourth-order valence-electron chi connectivity index (χ4n) is 3.81. The smallest absolute Gasteiger partial charge is 0.0482 e. The van der Waals surface area contributed by atoms with Crippen LogP contribution in [-0.2, 0) is 13.6 Å². The van der Waals surface area contributed by atoms with E-state index in [-0.39, 0.29) is 0 Å². The lowest BCUT2D eigenvalue weighted by molar-refractivity contribution is 0.540. The SMILES string of the molecule is Cn1cc(CNCC2C3CNCC23)c2cc(Cl)ccc21. The number of benzene rings is 1. The molecule has 1 saturated carbocycles. The highest BCUT2D eigenvalue weighted by atomic mass is 35.5. The number of aromatic nitrogens is 1. The molecule has 2 atom stereocenters. The van der Waals surface area contributed by atoms with Crippen LogP contribution in [0.1, 0.15) is 5.56 Å². The largest absolute Gasteiger partial charge is 0.350 e. The fraction of sp³-hybridized carbons (Fsp3) is 0.500. The zero-order valence-corrected chi connectivity index (χ0v) is 12.5. The van der Waals surface area contributed by atoms with Crippen molar-refractivity contribution < 1.29 is 0 Å². The van der Waals surface area contributed by atoms with Gasteiger partial charge in [-0.3, -0.25) is 0 Å². The summed E-state index contributed by atoms with van der Waals surface area (Å²) >= 11 is 6.12. The average Bonchev–Trinajstić information content (AvgIpc) is 2.79. The van der Waals surface area contributed by atoms with Gasteiger partial charge >= 0.3 is 0 Å². The summed E-state index contributed by atoms with van der Waals surface area (Å²) in [6, 6.07) is 6.13. The Morgan fingerprint density at radius 2 is 2.15 bits per heavy atom. The van der Waals surface area contributed by atoms with Crippen LogP contribution in [0, 0.1) is 17.8 Å². The lowest BCUT2D eigenvalue weighted by Gasteiger charge is -2.06. The molecule has 0 spiro atoms. The van der Waals surface area contributed by atoms with Crippen LogP contribution < -0.4 is 10.6 Å². The minimum Gasteiger partial charge on any atom is -0.350 e. The quantitative estimate of drug-likeness (QED) is 0.905. The van der Waals surface area contributed by atoms with Crippen molar-refractivity contribution >= 4 is 22.5 Å². The Balaban J connectivity index is 1.44. The van der Waals surface area contributed by atoms with E-state index in [9.17, 15) is 0 Å². The fourth-order valence-corrected chi connectivity index (χ4v) is 3.98. The molecule has 2 fully saturated rings. The number of nitrogens with one attached hydrogen (secondary N) is 2. The highest BCUT2D eigenvalue weighted by molar-refractivity contribution is 6.31. The first-order valence-electron chi connectivity index (χ1n) is 7.39. The van der Waals surface area contributed by atoms with E-state index < -0.39 is 0 Å². The number of piperidine rings is 1. The van der Waals surface area contributed by atoms with Crippen molar-refractivity contribution in [2.75, 3.05) is 19.6 Å². The van der Waals surface area contributed by atoms with Crippen molar-refractivity contribution in [3.63, 3.8) is 0 Å². The number of fused-ring (bicyclic) bond motifs is 2. The predicted molar refractivity (Wildman–Crippen MR) is 83.0 cm³/mol. The number of nitrogens with zero attached hydrogens (tertiary/aromatic N) is 1. The van der Waals surface area contributed by atoms with Crippen molar-refractivity contribution in [1.29, 1.82) is 0 Å². The second-order valence-electron chi connectivity index (χ2n) is 6.21. The van der Waals surface area contributed by atoms with E-state index >= 15 is 0 Å². The number of halogens is 1. The number of hydrogen-bond donors (Lipinski definition) is 2. The lowest BCUT2D eigenvalue weighted by Crippen LogP contribution is -2.23. The Morgan fingerprint density at radius 1 is 1.35 bits per heavy atom. The molecule has 106 valence electrons. The van der Waals surface area contributed by atoms with Gasteiger partial charge < -0.3 is 15.2 Å². The van der Waals surface area contributed by atoms with Crippen LogP contribution in [0.25, 0.3) is 10.9 Å². The molecular weight excluding hydrogens is 270 g/mol. The standard InChI is InChI=1S/C16H20ClN3/c1-20-9-10(12-4-11(17)2-3-16(12)20)5-18-6-13-14-7-19-8-15(13)14/h2-4,9,13-15,18-19H,5-8H2,1H3. The maximum absolute atomic E-state index is 6.12. The zero-order chi connectivity index (χ0) is 13.7. The number of aryl methyl sites for hydroxylation is 1. The summed E-state index contributed by atoms with van der Waals surface area (Å²) in [7, 11) is 2.09. The van der Waals surface area contributed by atoms with Gasteiger partial charge in [-0.1, -0.05) is 11.6 Å². The third kappa shape index (κ3) is 2.05. The van der Waals surface area contributed by atoms with Gasteiger partial charge in [-0.2, -0.15) is 0 Å². The molecule has 0 radical (unpaired) electrons. The second kappa shape index (κ2) is 4.76. The Hall–Kier alpha value is -1.03. The van der Waals surface area contributed by atoms with Crippen LogP contribution in [0.5, 0.6) is 0 Å². The van der Waals surface area contributed by atoms with Crippen LogP contribution in [0.4, 0.5) is 0 Å². The molecule has 2 heterocycles. The van der Waals surface area contributed by atoms with Gasteiger partial charge in [0, 0.05) is 35.7 Å². The second-order valence-corrected chi connectivity index (χ2v) is 6.64. The van der Waals surface area contributed by atoms with E-state index in [1.807, 2.05) is 6.07 Å². The van der Waals surface area contributed by atoms with Crippen molar-refractivity contribution in [2.24, 2.45) is 24.8 Å². The first-order valence-corrected chi connectivity index (χ1v) is 7.77. The van der Waals surface area contributed by atoms with E-state index in [0.29, 0.717) is 0 Å². The van der Waals surface area contributed by atoms with Gasteiger partial charge in [0.2, 0.25) is 0 Å². The zero-order valence-electron chi connectivity index (χ0n) is 11.7. The summed E-state index contributed by atoms with van der Waals surface area (Å²) in [5.74, 6) is 2.77. The molecule has 0 amide bonds. The molecule has 1 saturated heterocycles. The van der Waals surface area contributed by atoms with Gasteiger partial charge in [-0.05, 0) is 61.2 Å². The van der Waals surface area contributed by atoms with Gasteiger partial charge in [0.1, 0.15) is 0 Å². The summed E-state index contributed by atoms with van der Waals surface area (Å²) in [5, 5.41) is 9.16. The molecule has 4 heteroatoms. The highest BCUT2D eigenvalue weighted by Crippen LogP contribution is 2.48. The predicted octanol–water partition coefficient (Wildman–Crippen LogP) is 2.39. The maximum Gasteiger partial charge on any atom is 0.0482 e. The molecule has 2 unspecified atom stereocenters. The van der Waals surface area contributed by atoms with Gasteiger partial charge in [0.25, 0.3) is 0 Å². The van der Waals surface area contributed by atoms with Crippen molar-refractivity contribution in [3.05, 3.63) is 35.0 Å². The third-order valence-corrected chi connectivity index (χ3v) is 5.23. The molecule has 0 bridgehead atoms. The maximum atomic E-state index is 6.12. The average molecular weight is 290 g/mol. The van der Waals surface area contributed by atoms with E-state index in [2.05, 4.69) is 40.6 Å². The van der Waals surface area contributed by atoms with Gasteiger partial charge in [-0.15, -0.1) is 0 Å². The minimum absolute atomic E-state index is 0.813.